The van der Waals surface area contributed by atoms with Crippen LogP contribution < -0.4 is 0 Å². The van der Waals surface area contributed by atoms with Crippen molar-refractivity contribution in [2.24, 2.45) is 11.8 Å². The fourth-order valence-corrected chi connectivity index (χ4v) is 6.34. The third-order valence-electron chi connectivity index (χ3n) is 8.21. The first-order valence-electron chi connectivity index (χ1n) is 11.7. The molecule has 0 amide bonds. The summed E-state index contributed by atoms with van der Waals surface area (Å²) in [4.78, 5) is 6.56. The van der Waals surface area contributed by atoms with Crippen molar-refractivity contribution in [2.75, 3.05) is 19.7 Å². The van der Waals surface area contributed by atoms with Gasteiger partial charge in [-0.1, -0.05) is 52.3 Å². The number of piperidine rings is 1. The van der Waals surface area contributed by atoms with Crippen LogP contribution in [0.2, 0.25) is 18.1 Å². The van der Waals surface area contributed by atoms with Crippen LogP contribution in [0.15, 0.2) is 24.3 Å². The molecule has 0 bridgehead atoms. The first kappa shape index (κ1) is 21.1. The molecule has 160 valence electrons. The molecule has 1 saturated heterocycles. The number of H-pyrrole nitrogens is 1. The van der Waals surface area contributed by atoms with E-state index in [2.05, 4.69) is 74.9 Å². The van der Waals surface area contributed by atoms with Gasteiger partial charge in [0.1, 0.15) is 0 Å². The number of aromatic nitrogens is 1. The normalized spacial score (nSPS) is 25.8. The molecule has 0 spiro atoms. The molecule has 4 rings (SSSR count). The maximum absolute atomic E-state index is 6.56. The largest absolute Gasteiger partial charge is 0.417 e. The molecule has 2 aliphatic rings. The molecule has 4 heteroatoms. The Labute approximate surface area is 178 Å². The monoisotopic (exact) mass is 412 g/mol. The molecular formula is C25H40N2OSi. The Hall–Kier alpha value is -1.10. The lowest BCUT2D eigenvalue weighted by molar-refractivity contribution is 0.0403. The lowest BCUT2D eigenvalue weighted by atomic mass is 9.76. The van der Waals surface area contributed by atoms with E-state index >= 15 is 0 Å². The molecule has 1 fully saturated rings. The lowest BCUT2D eigenvalue weighted by Crippen LogP contribution is -2.46. The van der Waals surface area contributed by atoms with Crippen LogP contribution in [0.4, 0.5) is 0 Å². The highest BCUT2D eigenvalue weighted by Gasteiger charge is 2.40. The van der Waals surface area contributed by atoms with E-state index in [4.69, 9.17) is 4.43 Å². The summed E-state index contributed by atoms with van der Waals surface area (Å²) < 4.78 is 6.56. The van der Waals surface area contributed by atoms with Crippen molar-refractivity contribution in [3.05, 3.63) is 35.5 Å². The molecule has 0 radical (unpaired) electrons. The van der Waals surface area contributed by atoms with E-state index in [0.29, 0.717) is 11.1 Å². The molecule has 3 atom stereocenters. The maximum Gasteiger partial charge on any atom is 0.191 e. The molecule has 3 nitrogen and oxygen atoms in total. The van der Waals surface area contributed by atoms with Gasteiger partial charge in [-0.15, -0.1) is 0 Å². The zero-order valence-corrected chi connectivity index (χ0v) is 20.3. The van der Waals surface area contributed by atoms with E-state index in [0.717, 1.165) is 18.4 Å². The summed E-state index contributed by atoms with van der Waals surface area (Å²) in [6.45, 7) is 17.6. The van der Waals surface area contributed by atoms with Crippen LogP contribution in [-0.4, -0.2) is 37.9 Å². The van der Waals surface area contributed by atoms with Crippen LogP contribution in [0.5, 0.6) is 0 Å². The Kier molecular flexibility index (Phi) is 5.73. The molecular weight excluding hydrogens is 372 g/mol. The highest BCUT2D eigenvalue weighted by Crippen LogP contribution is 2.45. The predicted octanol–water partition coefficient (Wildman–Crippen LogP) is 6.53. The van der Waals surface area contributed by atoms with Crippen molar-refractivity contribution in [3.63, 3.8) is 0 Å². The zero-order valence-electron chi connectivity index (χ0n) is 19.3. The summed E-state index contributed by atoms with van der Waals surface area (Å²) in [5.41, 5.74) is 4.39. The third-order valence-corrected chi connectivity index (χ3v) is 12.8. The molecule has 3 heterocycles. The van der Waals surface area contributed by atoms with E-state index in [-0.39, 0.29) is 0 Å². The van der Waals surface area contributed by atoms with Gasteiger partial charge in [0.25, 0.3) is 0 Å². The second kappa shape index (κ2) is 7.86. The Morgan fingerprint density at radius 1 is 1.17 bits per heavy atom. The summed E-state index contributed by atoms with van der Waals surface area (Å²) in [6, 6.07) is 9.42. The van der Waals surface area contributed by atoms with E-state index in [9.17, 15) is 0 Å². The minimum Gasteiger partial charge on any atom is -0.417 e. The van der Waals surface area contributed by atoms with Gasteiger partial charge in [0.05, 0.1) is 6.04 Å². The number of hydrogen-bond donors (Lipinski definition) is 1. The van der Waals surface area contributed by atoms with Crippen LogP contribution in [0.25, 0.3) is 10.9 Å². The molecule has 0 unspecified atom stereocenters. The predicted molar refractivity (Wildman–Crippen MR) is 126 cm³/mol. The standard InChI is InChI=1S/C25H40N2OSi/c1-7-18-17-27-14-12-21-20-10-8-9-11-22(20)26-24(21)23(27)16-19(18)13-15-28-29(5,6)25(2,3)4/h8-11,18-19,23,26H,7,12-17H2,1-6H3/t18-,19+,23+/m1/s1. The summed E-state index contributed by atoms with van der Waals surface area (Å²) in [5.74, 6) is 1.57. The quantitative estimate of drug-likeness (QED) is 0.566. The Morgan fingerprint density at radius 2 is 1.93 bits per heavy atom. The van der Waals surface area contributed by atoms with E-state index < -0.39 is 8.32 Å². The van der Waals surface area contributed by atoms with E-state index in [1.807, 2.05) is 0 Å². The number of fused-ring (bicyclic) bond motifs is 5. The number of benzene rings is 1. The highest BCUT2D eigenvalue weighted by molar-refractivity contribution is 6.74. The van der Waals surface area contributed by atoms with Gasteiger partial charge in [-0.25, -0.2) is 0 Å². The Morgan fingerprint density at radius 3 is 2.66 bits per heavy atom. The molecule has 1 aromatic carbocycles. The van der Waals surface area contributed by atoms with Crippen molar-refractivity contribution in [1.82, 2.24) is 9.88 Å². The number of nitrogens with one attached hydrogen (secondary N) is 1. The fourth-order valence-electron chi connectivity index (χ4n) is 5.28. The molecule has 1 N–H and O–H groups in total. The number of rotatable bonds is 5. The van der Waals surface area contributed by atoms with Crippen LogP contribution in [0, 0.1) is 11.8 Å². The minimum atomic E-state index is -1.65. The molecule has 29 heavy (non-hydrogen) atoms. The third kappa shape index (κ3) is 3.96. The van der Waals surface area contributed by atoms with Crippen LogP contribution in [0.3, 0.4) is 0 Å². The number of aromatic amines is 1. The van der Waals surface area contributed by atoms with Crippen LogP contribution in [-0.2, 0) is 10.8 Å². The van der Waals surface area contributed by atoms with Crippen LogP contribution >= 0.6 is 0 Å². The molecule has 0 saturated carbocycles. The first-order valence-corrected chi connectivity index (χ1v) is 14.6. The van der Waals surface area contributed by atoms with Crippen molar-refractivity contribution in [3.8, 4) is 0 Å². The summed E-state index contributed by atoms with van der Waals surface area (Å²) in [5, 5.41) is 1.74. The molecule has 0 aliphatic carbocycles. The van der Waals surface area contributed by atoms with Crippen molar-refractivity contribution < 1.29 is 4.43 Å². The van der Waals surface area contributed by atoms with Crippen molar-refractivity contribution >= 4 is 19.2 Å². The average molecular weight is 413 g/mol. The van der Waals surface area contributed by atoms with Gasteiger partial charge in [0.15, 0.2) is 8.32 Å². The molecule has 2 aliphatic heterocycles. The Balaban J connectivity index is 1.50. The van der Waals surface area contributed by atoms with Gasteiger partial charge in [-0.2, -0.15) is 0 Å². The van der Waals surface area contributed by atoms with Crippen molar-refractivity contribution in [2.45, 2.75) is 77.6 Å². The van der Waals surface area contributed by atoms with E-state index in [1.54, 1.807) is 5.56 Å². The van der Waals surface area contributed by atoms with Gasteiger partial charge in [-0.3, -0.25) is 4.90 Å². The SMILES string of the molecule is CC[C@@H]1CN2CCc3c([nH]c4ccccc34)[C@@H]2C[C@@H]1CCO[Si](C)(C)C(C)(C)C. The van der Waals surface area contributed by atoms with E-state index in [1.165, 1.54) is 55.4 Å². The average Bonchev–Trinajstić information content (AvgIpc) is 3.05. The zero-order chi connectivity index (χ0) is 20.8. The summed E-state index contributed by atoms with van der Waals surface area (Å²) in [7, 11) is -1.65. The summed E-state index contributed by atoms with van der Waals surface area (Å²) in [6.07, 6.45) is 4.96. The van der Waals surface area contributed by atoms with Gasteiger partial charge in [-0.05, 0) is 60.9 Å². The van der Waals surface area contributed by atoms with Crippen molar-refractivity contribution in [1.29, 1.82) is 0 Å². The number of para-hydroxylation sites is 1. The van der Waals surface area contributed by atoms with Gasteiger partial charge in [0, 0.05) is 36.3 Å². The highest BCUT2D eigenvalue weighted by atomic mass is 28.4. The first-order chi connectivity index (χ1) is 13.7. The van der Waals surface area contributed by atoms with Gasteiger partial charge >= 0.3 is 0 Å². The topological polar surface area (TPSA) is 28.3 Å². The number of hydrogen-bond acceptors (Lipinski definition) is 2. The smallest absolute Gasteiger partial charge is 0.191 e. The summed E-state index contributed by atoms with van der Waals surface area (Å²) >= 11 is 0. The van der Waals surface area contributed by atoms with Crippen LogP contribution in [0.1, 0.15) is 64.3 Å². The Bertz CT molecular complexity index is 850. The minimum absolute atomic E-state index is 0.295. The molecule has 2 aromatic rings. The lowest BCUT2D eigenvalue weighted by Gasteiger charge is -2.46. The second-order valence-corrected chi connectivity index (χ2v) is 15.7. The van der Waals surface area contributed by atoms with Gasteiger partial charge < -0.3 is 9.41 Å². The fraction of sp³-hybridized carbons (Fsp3) is 0.680. The maximum atomic E-state index is 6.56. The second-order valence-electron chi connectivity index (χ2n) is 10.9. The number of nitrogens with zero attached hydrogens (tertiary/aromatic N) is 1. The molecule has 1 aromatic heterocycles. The van der Waals surface area contributed by atoms with Gasteiger partial charge in [0.2, 0.25) is 0 Å².